The van der Waals surface area contributed by atoms with E-state index in [9.17, 15) is 14.7 Å². The predicted octanol–water partition coefficient (Wildman–Crippen LogP) is 3.42. The van der Waals surface area contributed by atoms with Crippen molar-refractivity contribution in [2.24, 2.45) is 0 Å². The topological polar surface area (TPSA) is 93.9 Å². The van der Waals surface area contributed by atoms with Crippen LogP contribution >= 0.6 is 0 Å². The summed E-state index contributed by atoms with van der Waals surface area (Å²) < 4.78 is 13.6. The molecule has 2 heterocycles. The lowest BCUT2D eigenvalue weighted by Crippen LogP contribution is -2.53. The van der Waals surface area contributed by atoms with Gasteiger partial charge in [0.25, 0.3) is 5.91 Å². The average molecular weight is 413 g/mol. The molecular weight excluding hydrogens is 386 g/mol. The highest BCUT2D eigenvalue weighted by atomic mass is 16.5. The minimum atomic E-state index is -1.25. The average Bonchev–Trinajstić information content (AvgIpc) is 3.20. The van der Waals surface area contributed by atoms with Crippen LogP contribution in [0.15, 0.2) is 36.8 Å². The Morgan fingerprint density at radius 2 is 1.97 bits per heavy atom. The van der Waals surface area contributed by atoms with Crippen LogP contribution in [0.5, 0.6) is 5.75 Å². The van der Waals surface area contributed by atoms with E-state index in [4.69, 9.17) is 9.47 Å². The van der Waals surface area contributed by atoms with Crippen molar-refractivity contribution in [2.45, 2.75) is 63.8 Å². The first-order valence-corrected chi connectivity index (χ1v) is 10.5. The molecule has 0 bridgehead atoms. The molecule has 1 saturated heterocycles. The van der Waals surface area contributed by atoms with E-state index >= 15 is 0 Å². The highest BCUT2D eigenvalue weighted by molar-refractivity contribution is 5.94. The van der Waals surface area contributed by atoms with Crippen molar-refractivity contribution in [1.29, 1.82) is 0 Å². The highest BCUT2D eigenvalue weighted by Gasteiger charge is 2.37. The smallest absolute Gasteiger partial charge is 0.414 e. The molecule has 1 saturated carbocycles. The molecule has 2 atom stereocenters. The molecule has 160 valence electrons. The number of nitrogens with zero attached hydrogens (tertiary/aromatic N) is 3. The summed E-state index contributed by atoms with van der Waals surface area (Å²) >= 11 is 0. The van der Waals surface area contributed by atoms with Crippen LogP contribution in [0.1, 0.15) is 44.7 Å². The van der Waals surface area contributed by atoms with Gasteiger partial charge in [-0.1, -0.05) is 6.42 Å². The maximum Gasteiger partial charge on any atom is 0.414 e. The molecular formula is C22H27N3O5. The number of carboxylic acid groups (broad SMARTS) is 1. The molecule has 8 heteroatoms. The number of morpholine rings is 1. The van der Waals surface area contributed by atoms with Gasteiger partial charge in [-0.2, -0.15) is 0 Å². The van der Waals surface area contributed by atoms with E-state index in [0.29, 0.717) is 11.8 Å². The molecule has 2 fully saturated rings. The Morgan fingerprint density at radius 1 is 1.23 bits per heavy atom. The maximum atomic E-state index is 12.4. The number of aromatic nitrogens is 2. The molecule has 2 aromatic rings. The van der Waals surface area contributed by atoms with Crippen LogP contribution in [0.4, 0.5) is 4.79 Å². The zero-order valence-electron chi connectivity index (χ0n) is 17.1. The van der Waals surface area contributed by atoms with Gasteiger partial charge in [0.2, 0.25) is 0 Å². The molecule has 1 aromatic carbocycles. The minimum absolute atomic E-state index is 0.0500. The Hall–Kier alpha value is -2.87. The van der Waals surface area contributed by atoms with Crippen LogP contribution in [-0.4, -0.2) is 56.4 Å². The molecule has 30 heavy (non-hydrogen) atoms. The number of benzene rings is 1. The lowest BCUT2D eigenvalue weighted by atomic mass is 9.98. The molecule has 1 aromatic heterocycles. The molecule has 4 rings (SSSR count). The van der Waals surface area contributed by atoms with Crippen molar-refractivity contribution < 1.29 is 24.2 Å². The zero-order chi connectivity index (χ0) is 21.1. The van der Waals surface area contributed by atoms with E-state index in [1.807, 2.05) is 35.0 Å². The van der Waals surface area contributed by atoms with Gasteiger partial charge in [-0.3, -0.25) is 4.79 Å². The second kappa shape index (κ2) is 8.87. The SMILES string of the molecule is C[C@@H]1CN(C(=O)O)C(=O)[C@H](Cc2cn(-c3ccc(OC4CCCCC4)cc3)cn2)O1. The molecule has 1 aliphatic carbocycles. The van der Waals surface area contributed by atoms with Crippen molar-refractivity contribution in [3.8, 4) is 11.4 Å². The fourth-order valence-corrected chi connectivity index (χ4v) is 4.08. The quantitative estimate of drug-likeness (QED) is 0.807. The summed E-state index contributed by atoms with van der Waals surface area (Å²) in [5.41, 5.74) is 1.59. The number of imidazole rings is 1. The predicted molar refractivity (Wildman–Crippen MR) is 109 cm³/mol. The highest BCUT2D eigenvalue weighted by Crippen LogP contribution is 2.24. The number of rotatable bonds is 5. The van der Waals surface area contributed by atoms with Crippen molar-refractivity contribution >= 4 is 12.0 Å². The van der Waals surface area contributed by atoms with E-state index in [2.05, 4.69) is 4.98 Å². The largest absolute Gasteiger partial charge is 0.490 e. The third-order valence-electron chi connectivity index (χ3n) is 5.63. The summed E-state index contributed by atoms with van der Waals surface area (Å²) in [6.07, 6.45) is 7.60. The third kappa shape index (κ3) is 4.64. The second-order valence-corrected chi connectivity index (χ2v) is 8.01. The van der Waals surface area contributed by atoms with Gasteiger partial charge < -0.3 is 19.1 Å². The number of carbonyl (C=O) groups excluding carboxylic acids is 1. The molecule has 0 unspecified atom stereocenters. The molecule has 1 aliphatic heterocycles. The summed E-state index contributed by atoms with van der Waals surface area (Å²) in [4.78, 5) is 28.8. The first-order valence-electron chi connectivity index (χ1n) is 10.5. The van der Waals surface area contributed by atoms with E-state index in [0.717, 1.165) is 29.2 Å². The Labute approximate surface area is 175 Å². The van der Waals surface area contributed by atoms with Crippen LogP contribution in [-0.2, 0) is 16.0 Å². The van der Waals surface area contributed by atoms with E-state index < -0.39 is 18.1 Å². The van der Waals surface area contributed by atoms with Crippen LogP contribution < -0.4 is 4.74 Å². The summed E-state index contributed by atoms with van der Waals surface area (Å²) in [5.74, 6) is 0.328. The van der Waals surface area contributed by atoms with Gasteiger partial charge in [-0.05, 0) is 56.9 Å². The number of hydrogen-bond acceptors (Lipinski definition) is 5. The maximum absolute atomic E-state index is 12.4. The monoisotopic (exact) mass is 413 g/mol. The minimum Gasteiger partial charge on any atom is -0.490 e. The van der Waals surface area contributed by atoms with E-state index in [1.54, 1.807) is 13.3 Å². The second-order valence-electron chi connectivity index (χ2n) is 8.01. The Morgan fingerprint density at radius 3 is 2.67 bits per heavy atom. The summed E-state index contributed by atoms with van der Waals surface area (Å²) in [6.45, 7) is 1.80. The molecule has 1 N–H and O–H groups in total. The summed E-state index contributed by atoms with van der Waals surface area (Å²) in [5, 5.41) is 9.21. The molecule has 2 aliphatic rings. The Bertz CT molecular complexity index is 888. The Balaban J connectivity index is 1.40. The Kier molecular flexibility index (Phi) is 6.03. The first kappa shape index (κ1) is 20.4. The lowest BCUT2D eigenvalue weighted by molar-refractivity contribution is -0.156. The molecule has 8 nitrogen and oxygen atoms in total. The zero-order valence-corrected chi connectivity index (χ0v) is 17.1. The third-order valence-corrected chi connectivity index (χ3v) is 5.63. The van der Waals surface area contributed by atoms with E-state index in [-0.39, 0.29) is 19.1 Å². The first-order chi connectivity index (χ1) is 14.5. The van der Waals surface area contributed by atoms with Gasteiger partial charge in [0.1, 0.15) is 11.9 Å². The number of amides is 2. The standard InChI is InChI=1S/C22H27N3O5/c1-15-12-25(22(27)28)21(26)20(29-15)11-16-13-24(14-23-16)17-7-9-19(10-8-17)30-18-5-3-2-4-6-18/h7-10,13-15,18,20H,2-6,11-12H2,1H3,(H,27,28)/t15-,20+/m1/s1. The van der Waals surface area contributed by atoms with Gasteiger partial charge >= 0.3 is 6.09 Å². The number of ether oxygens (including phenoxy) is 2. The fraction of sp³-hybridized carbons (Fsp3) is 0.500. The van der Waals surface area contributed by atoms with Crippen molar-refractivity contribution in [3.05, 3.63) is 42.5 Å². The number of imide groups is 1. The molecule has 0 radical (unpaired) electrons. The molecule has 2 amide bonds. The van der Waals surface area contributed by atoms with Crippen LogP contribution in [0.2, 0.25) is 0 Å². The van der Waals surface area contributed by atoms with Crippen molar-refractivity contribution in [1.82, 2.24) is 14.5 Å². The van der Waals surface area contributed by atoms with Gasteiger partial charge in [-0.15, -0.1) is 0 Å². The van der Waals surface area contributed by atoms with E-state index in [1.165, 1.54) is 19.3 Å². The van der Waals surface area contributed by atoms with Gasteiger partial charge in [0.15, 0.2) is 0 Å². The van der Waals surface area contributed by atoms with Crippen LogP contribution in [0, 0.1) is 0 Å². The number of hydrogen-bond donors (Lipinski definition) is 1. The van der Waals surface area contributed by atoms with Crippen molar-refractivity contribution in [3.63, 3.8) is 0 Å². The normalized spacial score (nSPS) is 22.8. The lowest BCUT2D eigenvalue weighted by Gasteiger charge is -2.33. The summed E-state index contributed by atoms with van der Waals surface area (Å²) in [6, 6.07) is 7.87. The fourth-order valence-electron chi connectivity index (χ4n) is 4.08. The van der Waals surface area contributed by atoms with Gasteiger partial charge in [-0.25, -0.2) is 14.7 Å². The number of carbonyl (C=O) groups is 2. The van der Waals surface area contributed by atoms with Gasteiger partial charge in [0, 0.05) is 18.3 Å². The van der Waals surface area contributed by atoms with Crippen LogP contribution in [0.25, 0.3) is 5.69 Å². The van der Waals surface area contributed by atoms with Crippen molar-refractivity contribution in [2.75, 3.05) is 6.54 Å². The van der Waals surface area contributed by atoms with Crippen LogP contribution in [0.3, 0.4) is 0 Å². The summed E-state index contributed by atoms with van der Waals surface area (Å²) in [7, 11) is 0. The molecule has 0 spiro atoms. The van der Waals surface area contributed by atoms with Gasteiger partial charge in [0.05, 0.1) is 30.8 Å².